The lowest BCUT2D eigenvalue weighted by Gasteiger charge is -2.36. The number of ether oxygens (including phenoxy) is 1. The minimum atomic E-state index is -1.88. The van der Waals surface area contributed by atoms with Crippen LogP contribution in [0, 0.1) is 0 Å². The van der Waals surface area contributed by atoms with E-state index < -0.39 is 37.4 Å². The number of aliphatic hydroxyl groups is 4. The maximum atomic E-state index is 12.9. The molecule has 1 heterocycles. The van der Waals surface area contributed by atoms with Gasteiger partial charge in [0.15, 0.2) is 12.5 Å². The predicted octanol–water partition coefficient (Wildman–Crippen LogP) is -2.24. The van der Waals surface area contributed by atoms with Crippen molar-refractivity contribution in [3.63, 3.8) is 0 Å². The fraction of sp³-hybridized carbons (Fsp3) is 1.00. The Morgan fingerprint density at radius 3 is 2.25 bits per heavy atom. The first-order valence-corrected chi connectivity index (χ1v) is 3.52. The lowest BCUT2D eigenvalue weighted by Crippen LogP contribution is -2.56. The van der Waals surface area contributed by atoms with Crippen LogP contribution in [0.5, 0.6) is 0 Å². The summed E-state index contributed by atoms with van der Waals surface area (Å²) in [6.07, 6.45) is -8.19. The molecule has 0 aliphatic carbocycles. The van der Waals surface area contributed by atoms with E-state index in [2.05, 4.69) is 4.74 Å². The van der Waals surface area contributed by atoms with E-state index in [4.69, 9.17) is 20.4 Å². The Hall–Kier alpha value is -0.270. The quantitative estimate of drug-likeness (QED) is 0.368. The molecule has 0 amide bonds. The molecular weight excluding hydrogens is 171 g/mol. The molecule has 0 aromatic rings. The van der Waals surface area contributed by atoms with E-state index >= 15 is 0 Å². The van der Waals surface area contributed by atoms with Crippen molar-refractivity contribution in [3.8, 4) is 0 Å². The lowest BCUT2D eigenvalue weighted by atomic mass is 10.0. The molecule has 0 spiro atoms. The highest BCUT2D eigenvalue weighted by Gasteiger charge is 2.43. The van der Waals surface area contributed by atoms with Crippen molar-refractivity contribution < 1.29 is 29.6 Å². The summed E-state index contributed by atoms with van der Waals surface area (Å²) >= 11 is 0. The van der Waals surface area contributed by atoms with Crippen LogP contribution in [0.2, 0.25) is 0 Å². The minimum absolute atomic E-state index is 0.651. The molecule has 1 aliphatic heterocycles. The lowest BCUT2D eigenvalue weighted by molar-refractivity contribution is -0.274. The second-order valence-electron chi connectivity index (χ2n) is 2.67. The maximum absolute atomic E-state index is 12.9. The van der Waals surface area contributed by atoms with Crippen molar-refractivity contribution in [1.29, 1.82) is 0 Å². The van der Waals surface area contributed by atoms with Crippen molar-refractivity contribution >= 4 is 0 Å². The standard InChI is InChI=1S/C6H11FO5/c7-3-2(1-8)12-6(11)5(10)4(3)9/h2-6,8-11H,1H2/t2-,3-,4+,5+,6?/m0/s1. The molecule has 1 saturated heterocycles. The van der Waals surface area contributed by atoms with Crippen LogP contribution in [-0.2, 0) is 4.74 Å². The average molecular weight is 182 g/mol. The van der Waals surface area contributed by atoms with Gasteiger partial charge in [0.1, 0.15) is 18.3 Å². The van der Waals surface area contributed by atoms with Crippen LogP contribution in [0.15, 0.2) is 0 Å². The van der Waals surface area contributed by atoms with Crippen molar-refractivity contribution in [2.24, 2.45) is 0 Å². The Kier molecular flexibility index (Phi) is 2.97. The van der Waals surface area contributed by atoms with Gasteiger partial charge < -0.3 is 25.2 Å². The smallest absolute Gasteiger partial charge is 0.184 e. The zero-order valence-corrected chi connectivity index (χ0v) is 6.17. The average Bonchev–Trinajstić information content (AvgIpc) is 2.08. The first kappa shape index (κ1) is 9.82. The van der Waals surface area contributed by atoms with Gasteiger partial charge in [0.05, 0.1) is 6.61 Å². The van der Waals surface area contributed by atoms with Crippen molar-refractivity contribution in [2.75, 3.05) is 6.61 Å². The van der Waals surface area contributed by atoms with Gasteiger partial charge in [-0.1, -0.05) is 0 Å². The molecule has 5 nitrogen and oxygen atoms in total. The number of hydrogen-bond acceptors (Lipinski definition) is 5. The van der Waals surface area contributed by atoms with E-state index in [0.717, 1.165) is 0 Å². The summed E-state index contributed by atoms with van der Waals surface area (Å²) in [5, 5.41) is 35.2. The first-order valence-electron chi connectivity index (χ1n) is 3.52. The van der Waals surface area contributed by atoms with Gasteiger partial charge in [-0.25, -0.2) is 4.39 Å². The molecule has 0 radical (unpaired) electrons. The molecule has 12 heavy (non-hydrogen) atoms. The van der Waals surface area contributed by atoms with Crippen molar-refractivity contribution in [3.05, 3.63) is 0 Å². The maximum Gasteiger partial charge on any atom is 0.184 e. The second-order valence-corrected chi connectivity index (χ2v) is 2.67. The minimum Gasteiger partial charge on any atom is -0.394 e. The molecule has 6 heteroatoms. The van der Waals surface area contributed by atoms with Gasteiger partial charge >= 0.3 is 0 Å². The van der Waals surface area contributed by atoms with E-state index in [1.807, 2.05) is 0 Å². The van der Waals surface area contributed by atoms with E-state index in [-0.39, 0.29) is 0 Å². The van der Waals surface area contributed by atoms with Gasteiger partial charge in [-0.15, -0.1) is 0 Å². The van der Waals surface area contributed by atoms with Crippen LogP contribution in [0.3, 0.4) is 0 Å². The zero-order valence-electron chi connectivity index (χ0n) is 6.17. The topological polar surface area (TPSA) is 90.2 Å². The van der Waals surface area contributed by atoms with Crippen molar-refractivity contribution in [2.45, 2.75) is 30.8 Å². The van der Waals surface area contributed by atoms with Crippen LogP contribution in [0.25, 0.3) is 0 Å². The number of rotatable bonds is 1. The highest BCUT2D eigenvalue weighted by molar-refractivity contribution is 4.88. The van der Waals surface area contributed by atoms with E-state index in [9.17, 15) is 4.39 Å². The van der Waals surface area contributed by atoms with Gasteiger partial charge in [-0.3, -0.25) is 0 Å². The van der Waals surface area contributed by atoms with Crippen LogP contribution in [0.1, 0.15) is 0 Å². The largest absolute Gasteiger partial charge is 0.394 e. The molecule has 0 bridgehead atoms. The normalized spacial score (nSPS) is 49.2. The molecular formula is C6H11FO5. The zero-order chi connectivity index (χ0) is 9.30. The van der Waals surface area contributed by atoms with E-state index in [1.54, 1.807) is 0 Å². The van der Waals surface area contributed by atoms with Crippen molar-refractivity contribution in [1.82, 2.24) is 0 Å². The number of aliphatic hydroxyl groups excluding tert-OH is 4. The highest BCUT2D eigenvalue weighted by atomic mass is 19.1. The van der Waals surface area contributed by atoms with Crippen LogP contribution >= 0.6 is 0 Å². The van der Waals surface area contributed by atoms with E-state index in [1.165, 1.54) is 0 Å². The molecule has 1 unspecified atom stereocenters. The fourth-order valence-electron chi connectivity index (χ4n) is 1.06. The molecule has 1 aliphatic rings. The molecule has 1 rings (SSSR count). The summed E-state index contributed by atoms with van der Waals surface area (Å²) in [4.78, 5) is 0. The second kappa shape index (κ2) is 3.63. The third-order valence-electron chi connectivity index (χ3n) is 1.82. The summed E-state index contributed by atoms with van der Waals surface area (Å²) in [6.45, 7) is -0.651. The summed E-state index contributed by atoms with van der Waals surface area (Å²) < 4.78 is 17.3. The van der Waals surface area contributed by atoms with E-state index in [0.29, 0.717) is 0 Å². The predicted molar refractivity (Wildman–Crippen MR) is 34.9 cm³/mol. The van der Waals surface area contributed by atoms with Crippen LogP contribution in [0.4, 0.5) is 4.39 Å². The number of hydrogen-bond donors (Lipinski definition) is 4. The molecule has 5 atom stereocenters. The fourth-order valence-corrected chi connectivity index (χ4v) is 1.06. The Morgan fingerprint density at radius 2 is 1.75 bits per heavy atom. The number of alkyl halides is 1. The Bertz CT molecular complexity index is 150. The van der Waals surface area contributed by atoms with Gasteiger partial charge in [-0.2, -0.15) is 0 Å². The number of halogens is 1. The SMILES string of the molecule is OC[C@@H]1OC(O)[C@H](O)[C@H](O)[C@H]1F. The van der Waals surface area contributed by atoms with Gasteiger partial charge in [0.25, 0.3) is 0 Å². The van der Waals surface area contributed by atoms with Crippen LogP contribution in [-0.4, -0.2) is 57.8 Å². The molecule has 0 aromatic heterocycles. The third kappa shape index (κ3) is 1.57. The van der Waals surface area contributed by atoms with Gasteiger partial charge in [0.2, 0.25) is 0 Å². The first-order chi connectivity index (χ1) is 5.57. The summed E-state index contributed by atoms with van der Waals surface area (Å²) in [5.41, 5.74) is 0. The third-order valence-corrected chi connectivity index (χ3v) is 1.82. The molecule has 4 N–H and O–H groups in total. The molecule has 72 valence electrons. The summed E-state index contributed by atoms with van der Waals surface area (Å²) in [6, 6.07) is 0. The Morgan fingerprint density at radius 1 is 1.17 bits per heavy atom. The summed E-state index contributed by atoms with van der Waals surface area (Å²) in [7, 11) is 0. The van der Waals surface area contributed by atoms with Gasteiger partial charge in [0, 0.05) is 0 Å². The van der Waals surface area contributed by atoms with Gasteiger partial charge in [-0.05, 0) is 0 Å². The Balaban J connectivity index is 2.63. The molecule has 1 fully saturated rings. The highest BCUT2D eigenvalue weighted by Crippen LogP contribution is 2.21. The molecule has 0 saturated carbocycles. The monoisotopic (exact) mass is 182 g/mol. The molecule has 0 aromatic carbocycles. The summed E-state index contributed by atoms with van der Waals surface area (Å²) in [5.74, 6) is 0. The van der Waals surface area contributed by atoms with Crippen LogP contribution < -0.4 is 0 Å². The Labute approximate surface area is 68.0 Å².